The lowest BCUT2D eigenvalue weighted by atomic mass is 9.79. The summed E-state index contributed by atoms with van der Waals surface area (Å²) < 4.78 is 27.6. The number of hydrogen-bond acceptors (Lipinski definition) is 3. The van der Waals surface area contributed by atoms with Crippen molar-refractivity contribution >= 4 is 15.9 Å². The molecule has 1 heterocycles. The molecule has 2 aliphatic rings. The summed E-state index contributed by atoms with van der Waals surface area (Å²) in [4.78, 5) is 11.4. The van der Waals surface area contributed by atoms with Crippen LogP contribution < -0.4 is 5.73 Å². The summed E-state index contributed by atoms with van der Waals surface area (Å²) in [5.74, 6) is -0.0450. The first kappa shape index (κ1) is 15.5. The molecule has 0 bridgehead atoms. The van der Waals surface area contributed by atoms with E-state index in [-0.39, 0.29) is 10.9 Å². The van der Waals surface area contributed by atoms with Gasteiger partial charge >= 0.3 is 0 Å². The Morgan fingerprint density at radius 3 is 2.36 bits per heavy atom. The van der Waals surface area contributed by atoms with Crippen molar-refractivity contribution in [3.63, 3.8) is 0 Å². The maximum Gasteiger partial charge on any atom is 0.248 e. The molecule has 1 saturated carbocycles. The predicted molar refractivity (Wildman–Crippen MR) is 83.8 cm³/mol. The van der Waals surface area contributed by atoms with Crippen LogP contribution in [0.2, 0.25) is 0 Å². The van der Waals surface area contributed by atoms with Gasteiger partial charge in [0, 0.05) is 18.2 Å². The van der Waals surface area contributed by atoms with E-state index < -0.39 is 15.9 Å². The van der Waals surface area contributed by atoms with Crippen molar-refractivity contribution in [1.82, 2.24) is 4.31 Å². The van der Waals surface area contributed by atoms with Crippen LogP contribution >= 0.6 is 0 Å². The second-order valence-electron chi connectivity index (χ2n) is 6.26. The fourth-order valence-corrected chi connectivity index (χ4v) is 5.56. The summed E-state index contributed by atoms with van der Waals surface area (Å²) in [6.45, 7) is 0.598. The van der Waals surface area contributed by atoms with E-state index in [0.717, 1.165) is 32.1 Å². The molecule has 1 aliphatic heterocycles. The lowest BCUT2D eigenvalue weighted by molar-refractivity contribution is 0.1000. The molecule has 2 fully saturated rings. The average molecular weight is 322 g/mol. The Kier molecular flexibility index (Phi) is 4.23. The van der Waals surface area contributed by atoms with Gasteiger partial charge in [0.05, 0.1) is 4.90 Å². The maximum absolute atomic E-state index is 12.9. The zero-order valence-electron chi connectivity index (χ0n) is 12.6. The normalized spacial score (nSPS) is 26.4. The van der Waals surface area contributed by atoms with Gasteiger partial charge in [0.2, 0.25) is 15.9 Å². The van der Waals surface area contributed by atoms with Crippen LogP contribution in [0, 0.1) is 5.92 Å². The zero-order valence-corrected chi connectivity index (χ0v) is 13.4. The molecule has 1 saturated heterocycles. The van der Waals surface area contributed by atoms with E-state index in [9.17, 15) is 13.2 Å². The highest BCUT2D eigenvalue weighted by molar-refractivity contribution is 7.89. The minimum atomic E-state index is -3.49. The smallest absolute Gasteiger partial charge is 0.248 e. The first-order valence-electron chi connectivity index (χ1n) is 7.92. The molecule has 1 aromatic rings. The van der Waals surface area contributed by atoms with Crippen molar-refractivity contribution in [2.45, 2.75) is 49.5 Å². The minimum absolute atomic E-state index is 0.142. The molecule has 22 heavy (non-hydrogen) atoms. The highest BCUT2D eigenvalue weighted by Gasteiger charge is 2.39. The predicted octanol–water partition coefficient (Wildman–Crippen LogP) is 2.13. The number of primary amides is 1. The van der Waals surface area contributed by atoms with Gasteiger partial charge in [-0.1, -0.05) is 12.8 Å². The second kappa shape index (κ2) is 6.01. The number of carbonyl (C=O) groups excluding carboxylic acids is 1. The molecule has 0 unspecified atom stereocenters. The molecule has 2 N–H and O–H groups in total. The molecule has 3 rings (SSSR count). The van der Waals surface area contributed by atoms with Crippen molar-refractivity contribution < 1.29 is 13.2 Å². The van der Waals surface area contributed by atoms with Crippen molar-refractivity contribution in [1.29, 1.82) is 0 Å². The number of hydrogen-bond donors (Lipinski definition) is 1. The number of fused-ring (bicyclic) bond motifs is 1. The van der Waals surface area contributed by atoms with Gasteiger partial charge in [0.25, 0.3) is 0 Å². The van der Waals surface area contributed by atoms with Crippen LogP contribution in [0.3, 0.4) is 0 Å². The summed E-state index contributed by atoms with van der Waals surface area (Å²) >= 11 is 0. The molecule has 2 atom stereocenters. The van der Waals surface area contributed by atoms with Crippen molar-refractivity contribution in [3.05, 3.63) is 29.8 Å². The number of piperidine rings is 1. The highest BCUT2D eigenvalue weighted by Crippen LogP contribution is 2.37. The van der Waals surface area contributed by atoms with E-state index in [2.05, 4.69) is 0 Å². The Morgan fingerprint density at radius 2 is 1.68 bits per heavy atom. The van der Waals surface area contributed by atoms with Crippen molar-refractivity contribution in [2.75, 3.05) is 6.54 Å². The molecular weight excluding hydrogens is 300 g/mol. The van der Waals surface area contributed by atoms with E-state index in [0.29, 0.717) is 18.0 Å². The van der Waals surface area contributed by atoms with Gasteiger partial charge in [-0.3, -0.25) is 4.79 Å². The van der Waals surface area contributed by atoms with E-state index >= 15 is 0 Å². The maximum atomic E-state index is 12.9. The van der Waals surface area contributed by atoms with Crippen LogP contribution in [0.25, 0.3) is 0 Å². The SMILES string of the molecule is NC(=O)c1ccc(S(=O)(=O)N2CCC[C@H]3CCCC[C@H]32)cc1. The Morgan fingerprint density at radius 1 is 1.05 bits per heavy atom. The van der Waals surface area contributed by atoms with E-state index in [1.165, 1.54) is 30.7 Å². The lowest BCUT2D eigenvalue weighted by Crippen LogP contribution is -2.49. The molecule has 1 aromatic carbocycles. The van der Waals surface area contributed by atoms with Crippen molar-refractivity contribution in [3.8, 4) is 0 Å². The number of carbonyl (C=O) groups is 1. The Bertz CT molecular complexity index is 652. The summed E-state index contributed by atoms with van der Waals surface area (Å²) in [5.41, 5.74) is 5.53. The Labute approximate surface area is 131 Å². The molecule has 5 nitrogen and oxygen atoms in total. The van der Waals surface area contributed by atoms with Crippen LogP contribution in [0.4, 0.5) is 0 Å². The monoisotopic (exact) mass is 322 g/mol. The van der Waals surface area contributed by atoms with Crippen LogP contribution in [-0.2, 0) is 10.0 Å². The quantitative estimate of drug-likeness (QED) is 0.925. The third-order valence-electron chi connectivity index (χ3n) is 4.94. The van der Waals surface area contributed by atoms with Gasteiger partial charge in [-0.05, 0) is 55.9 Å². The zero-order chi connectivity index (χ0) is 15.7. The van der Waals surface area contributed by atoms with Gasteiger partial charge in [-0.15, -0.1) is 0 Å². The minimum Gasteiger partial charge on any atom is -0.366 e. The second-order valence-corrected chi connectivity index (χ2v) is 8.15. The Hall–Kier alpha value is -1.40. The topological polar surface area (TPSA) is 80.5 Å². The first-order valence-corrected chi connectivity index (χ1v) is 9.36. The summed E-state index contributed by atoms with van der Waals surface area (Å²) in [6, 6.07) is 6.09. The summed E-state index contributed by atoms with van der Waals surface area (Å²) in [5, 5.41) is 0. The molecule has 1 aliphatic carbocycles. The fraction of sp³-hybridized carbons (Fsp3) is 0.562. The van der Waals surface area contributed by atoms with Gasteiger partial charge < -0.3 is 5.73 Å². The van der Waals surface area contributed by atoms with Crippen LogP contribution in [-0.4, -0.2) is 31.2 Å². The van der Waals surface area contributed by atoms with Gasteiger partial charge in [0.1, 0.15) is 0 Å². The number of amides is 1. The van der Waals surface area contributed by atoms with E-state index in [1.54, 1.807) is 4.31 Å². The number of nitrogens with two attached hydrogens (primary N) is 1. The van der Waals surface area contributed by atoms with Gasteiger partial charge in [0.15, 0.2) is 0 Å². The third kappa shape index (κ3) is 2.77. The molecule has 120 valence electrons. The number of benzene rings is 1. The van der Waals surface area contributed by atoms with Crippen LogP contribution in [0.15, 0.2) is 29.2 Å². The highest BCUT2D eigenvalue weighted by atomic mass is 32.2. The van der Waals surface area contributed by atoms with Crippen LogP contribution in [0.1, 0.15) is 48.9 Å². The molecule has 0 aromatic heterocycles. The molecule has 1 amide bonds. The molecule has 0 spiro atoms. The van der Waals surface area contributed by atoms with Gasteiger partial charge in [-0.2, -0.15) is 4.31 Å². The molecule has 6 heteroatoms. The average Bonchev–Trinajstić information content (AvgIpc) is 2.54. The standard InChI is InChI=1S/C16H22N2O3S/c17-16(19)13-7-9-14(10-8-13)22(20,21)18-11-3-5-12-4-1-2-6-15(12)18/h7-10,12,15H,1-6,11H2,(H2,17,19)/t12-,15-/m1/s1. The third-order valence-corrected chi connectivity index (χ3v) is 6.88. The van der Waals surface area contributed by atoms with E-state index in [1.807, 2.05) is 0 Å². The summed E-state index contributed by atoms with van der Waals surface area (Å²) in [7, 11) is -3.49. The fourth-order valence-electron chi connectivity index (χ4n) is 3.80. The number of rotatable bonds is 3. The number of sulfonamides is 1. The Balaban J connectivity index is 1.89. The van der Waals surface area contributed by atoms with Crippen LogP contribution in [0.5, 0.6) is 0 Å². The molecule has 0 radical (unpaired) electrons. The lowest BCUT2D eigenvalue weighted by Gasteiger charge is -2.43. The van der Waals surface area contributed by atoms with Crippen molar-refractivity contribution in [2.24, 2.45) is 11.7 Å². The first-order chi connectivity index (χ1) is 10.5. The molecular formula is C16H22N2O3S. The van der Waals surface area contributed by atoms with Gasteiger partial charge in [-0.25, -0.2) is 8.42 Å². The summed E-state index contributed by atoms with van der Waals surface area (Å²) in [6.07, 6.45) is 6.48. The number of nitrogens with zero attached hydrogens (tertiary/aromatic N) is 1. The largest absolute Gasteiger partial charge is 0.366 e. The van der Waals surface area contributed by atoms with E-state index in [4.69, 9.17) is 5.73 Å².